The average Bonchev–Trinajstić information content (AvgIpc) is 2.26. The second-order valence-corrected chi connectivity index (χ2v) is 2.24. The molecule has 1 N–H and O–H groups in total. The van der Waals surface area contributed by atoms with Crippen LogP contribution in [0.1, 0.15) is 10.5 Å². The van der Waals surface area contributed by atoms with Crippen LogP contribution in [0.25, 0.3) is 0 Å². The molecule has 1 rings (SSSR count). The molecule has 0 saturated carbocycles. The Morgan fingerprint density at radius 2 is 2.29 bits per heavy atom. The molecule has 0 amide bonds. The van der Waals surface area contributed by atoms with Crippen LogP contribution in [0.5, 0.6) is 0 Å². The molecule has 72 valence electrons. The summed E-state index contributed by atoms with van der Waals surface area (Å²) in [6, 6.07) is 0. The van der Waals surface area contributed by atoms with Gasteiger partial charge in [0.25, 0.3) is 0 Å². The number of hydrogen-bond donors (Lipinski definition) is 1. The Kier molecular flexibility index (Phi) is 3.36. The Bertz CT molecular complexity index is 346. The summed E-state index contributed by atoms with van der Waals surface area (Å²) >= 11 is 0. The van der Waals surface area contributed by atoms with E-state index in [9.17, 15) is 4.79 Å². The molecule has 0 radical (unpaired) electrons. The molecule has 0 bridgehead atoms. The fraction of sp³-hybridized carbons (Fsp3) is 0.143. The number of nitrogens with zero attached hydrogens (tertiary/aromatic N) is 5. The molecule has 0 aromatic carbocycles. The maximum absolute atomic E-state index is 10.3. The van der Waals surface area contributed by atoms with E-state index in [4.69, 9.17) is 5.53 Å². The summed E-state index contributed by atoms with van der Waals surface area (Å²) in [5.74, 6) is 0.330. The molecule has 0 fully saturated rings. The van der Waals surface area contributed by atoms with Crippen molar-refractivity contribution in [3.63, 3.8) is 0 Å². The Balaban J connectivity index is 2.94. The lowest BCUT2D eigenvalue weighted by atomic mass is 10.5. The first-order valence-electron chi connectivity index (χ1n) is 3.68. The summed E-state index contributed by atoms with van der Waals surface area (Å²) < 4.78 is 0. The van der Waals surface area contributed by atoms with E-state index < -0.39 is 0 Å². The fourth-order valence-electron chi connectivity index (χ4n) is 0.756. The van der Waals surface area contributed by atoms with Crippen molar-refractivity contribution in [1.82, 2.24) is 9.97 Å². The SMILES string of the molecule is CN=CN(N=N)c1cnc(C=O)cn1. The molecule has 0 aliphatic carbocycles. The molecule has 0 spiro atoms. The fourth-order valence-corrected chi connectivity index (χ4v) is 0.756. The standard InChI is InChI=1S/C7H8N6O/c1-9-5-13(12-8)7-3-10-6(4-14)2-11-7/h2-5,8H,1H3. The number of carbonyl (C=O) groups excluding carboxylic acids is 1. The highest BCUT2D eigenvalue weighted by Crippen LogP contribution is 2.06. The van der Waals surface area contributed by atoms with Gasteiger partial charge in [0.2, 0.25) is 0 Å². The van der Waals surface area contributed by atoms with Crippen LogP contribution in [-0.2, 0) is 0 Å². The normalized spacial score (nSPS) is 10.1. The van der Waals surface area contributed by atoms with Crippen LogP contribution in [0, 0.1) is 5.53 Å². The number of rotatable bonds is 4. The Hall–Kier alpha value is -2.18. The first-order chi connectivity index (χ1) is 6.81. The molecule has 0 aliphatic rings. The van der Waals surface area contributed by atoms with Gasteiger partial charge in [0.15, 0.2) is 12.1 Å². The number of nitrogens with one attached hydrogen (secondary N) is 1. The van der Waals surface area contributed by atoms with Crippen molar-refractivity contribution in [3.05, 3.63) is 18.1 Å². The van der Waals surface area contributed by atoms with Crippen LogP contribution in [0.3, 0.4) is 0 Å². The molecule has 7 heteroatoms. The van der Waals surface area contributed by atoms with Gasteiger partial charge >= 0.3 is 0 Å². The molecule has 0 unspecified atom stereocenters. The maximum atomic E-state index is 10.3. The van der Waals surface area contributed by atoms with Gasteiger partial charge in [0.1, 0.15) is 12.0 Å². The van der Waals surface area contributed by atoms with Gasteiger partial charge in [-0.1, -0.05) is 5.22 Å². The van der Waals surface area contributed by atoms with E-state index in [1.54, 1.807) is 7.05 Å². The molecular formula is C7H8N6O. The van der Waals surface area contributed by atoms with Crippen molar-refractivity contribution in [2.24, 2.45) is 10.2 Å². The van der Waals surface area contributed by atoms with Crippen LogP contribution < -0.4 is 5.01 Å². The van der Waals surface area contributed by atoms with E-state index in [0.29, 0.717) is 12.1 Å². The zero-order valence-corrected chi connectivity index (χ0v) is 7.45. The summed E-state index contributed by atoms with van der Waals surface area (Å²) in [7, 11) is 1.55. The predicted molar refractivity (Wildman–Crippen MR) is 49.5 cm³/mol. The van der Waals surface area contributed by atoms with E-state index in [-0.39, 0.29) is 5.69 Å². The van der Waals surface area contributed by atoms with E-state index in [2.05, 4.69) is 20.2 Å². The molecular weight excluding hydrogens is 184 g/mol. The monoisotopic (exact) mass is 192 g/mol. The third-order valence-corrected chi connectivity index (χ3v) is 1.35. The van der Waals surface area contributed by atoms with Gasteiger partial charge in [-0.05, 0) is 0 Å². The third kappa shape index (κ3) is 2.16. The highest BCUT2D eigenvalue weighted by atomic mass is 16.1. The number of anilines is 1. The minimum absolute atomic E-state index is 0.229. The minimum atomic E-state index is 0.229. The van der Waals surface area contributed by atoms with Crippen molar-refractivity contribution in [2.45, 2.75) is 0 Å². The molecule has 0 aliphatic heterocycles. The quantitative estimate of drug-likeness (QED) is 0.250. The van der Waals surface area contributed by atoms with Gasteiger partial charge in [-0.3, -0.25) is 9.79 Å². The first-order valence-corrected chi connectivity index (χ1v) is 3.68. The van der Waals surface area contributed by atoms with E-state index in [1.807, 2.05) is 0 Å². The lowest BCUT2D eigenvalue weighted by Crippen LogP contribution is -2.14. The smallest absolute Gasteiger partial charge is 0.175 e. The molecule has 1 aromatic heterocycles. The van der Waals surface area contributed by atoms with Crippen molar-refractivity contribution in [3.8, 4) is 0 Å². The summed E-state index contributed by atoms with van der Waals surface area (Å²) in [5.41, 5.74) is 7.05. The highest BCUT2D eigenvalue weighted by molar-refractivity contribution is 5.76. The summed E-state index contributed by atoms with van der Waals surface area (Å²) in [5, 5.41) is 4.27. The van der Waals surface area contributed by atoms with E-state index >= 15 is 0 Å². The third-order valence-electron chi connectivity index (χ3n) is 1.35. The number of carbonyl (C=O) groups is 1. The average molecular weight is 192 g/mol. The van der Waals surface area contributed by atoms with Crippen molar-refractivity contribution in [2.75, 3.05) is 12.1 Å². The Morgan fingerprint density at radius 3 is 2.71 bits per heavy atom. The van der Waals surface area contributed by atoms with E-state index in [1.165, 1.54) is 18.7 Å². The summed E-state index contributed by atoms with van der Waals surface area (Å²) in [4.78, 5) is 21.6. The second-order valence-electron chi connectivity index (χ2n) is 2.24. The predicted octanol–water partition coefficient (Wildman–Crippen LogP) is 0.700. The van der Waals surface area contributed by atoms with Gasteiger partial charge in [0.05, 0.1) is 12.4 Å². The van der Waals surface area contributed by atoms with Crippen LogP contribution in [0.4, 0.5) is 5.82 Å². The van der Waals surface area contributed by atoms with Crippen LogP contribution >= 0.6 is 0 Å². The number of hydrogen-bond acceptors (Lipinski definition) is 6. The topological polar surface area (TPSA) is 94.7 Å². The number of aliphatic imine (C=N–C) groups is 1. The minimum Gasteiger partial charge on any atom is -0.296 e. The largest absolute Gasteiger partial charge is 0.296 e. The molecule has 1 aromatic rings. The summed E-state index contributed by atoms with van der Waals surface area (Å²) in [6.45, 7) is 0. The highest BCUT2D eigenvalue weighted by Gasteiger charge is 2.03. The second kappa shape index (κ2) is 4.75. The van der Waals surface area contributed by atoms with Crippen molar-refractivity contribution in [1.29, 1.82) is 5.53 Å². The van der Waals surface area contributed by atoms with Crippen LogP contribution in [-0.4, -0.2) is 29.6 Å². The maximum Gasteiger partial charge on any atom is 0.175 e. The molecule has 14 heavy (non-hydrogen) atoms. The van der Waals surface area contributed by atoms with Crippen molar-refractivity contribution >= 4 is 18.4 Å². The Morgan fingerprint density at radius 1 is 1.50 bits per heavy atom. The molecule has 1 heterocycles. The number of aldehydes is 1. The van der Waals surface area contributed by atoms with Crippen molar-refractivity contribution < 1.29 is 4.79 Å². The van der Waals surface area contributed by atoms with Gasteiger partial charge in [-0.2, -0.15) is 10.5 Å². The van der Waals surface area contributed by atoms with Gasteiger partial charge < -0.3 is 0 Å². The van der Waals surface area contributed by atoms with Gasteiger partial charge in [-0.25, -0.2) is 9.97 Å². The van der Waals surface area contributed by atoms with E-state index in [0.717, 1.165) is 5.01 Å². The number of aromatic nitrogens is 2. The zero-order chi connectivity index (χ0) is 10.4. The lowest BCUT2D eigenvalue weighted by Gasteiger charge is -2.07. The zero-order valence-electron chi connectivity index (χ0n) is 7.45. The molecule has 0 atom stereocenters. The van der Waals surface area contributed by atoms with Crippen LogP contribution in [0.2, 0.25) is 0 Å². The first kappa shape index (κ1) is 9.90. The Labute approximate surface area is 80.0 Å². The molecule has 0 saturated heterocycles. The van der Waals surface area contributed by atoms with Gasteiger partial charge in [-0.15, -0.1) is 0 Å². The lowest BCUT2D eigenvalue weighted by molar-refractivity contribution is 0.111. The van der Waals surface area contributed by atoms with Crippen LogP contribution in [0.15, 0.2) is 22.6 Å². The summed E-state index contributed by atoms with van der Waals surface area (Å²) in [6.07, 6.45) is 4.54. The van der Waals surface area contributed by atoms with Gasteiger partial charge in [0, 0.05) is 7.05 Å². The molecule has 7 nitrogen and oxygen atoms in total.